The van der Waals surface area contributed by atoms with Crippen LogP contribution in [-0.2, 0) is 13.0 Å². The van der Waals surface area contributed by atoms with Gasteiger partial charge in [-0.05, 0) is 31.0 Å². The molecule has 0 aliphatic heterocycles. The van der Waals surface area contributed by atoms with Crippen LogP contribution in [0.3, 0.4) is 0 Å². The number of rotatable bonds is 3. The minimum absolute atomic E-state index is 0.0895. The Bertz CT molecular complexity index is 783. The predicted molar refractivity (Wildman–Crippen MR) is 87.4 cm³/mol. The molecular formula is C17H12Cl2F3NO. The molecule has 1 aliphatic rings. The molecule has 1 aromatic heterocycles. The van der Waals surface area contributed by atoms with Crippen molar-refractivity contribution in [3.05, 3.63) is 63.3 Å². The highest BCUT2D eigenvalue weighted by atomic mass is 35.5. The fraction of sp³-hybridized carbons (Fsp3) is 0.235. The van der Waals surface area contributed by atoms with Crippen LogP contribution in [0.5, 0.6) is 5.88 Å². The van der Waals surface area contributed by atoms with Crippen LogP contribution >= 0.6 is 23.2 Å². The van der Waals surface area contributed by atoms with Gasteiger partial charge < -0.3 is 4.74 Å². The second kappa shape index (κ2) is 6.65. The van der Waals surface area contributed by atoms with E-state index in [9.17, 15) is 13.2 Å². The Balaban J connectivity index is 1.82. The molecule has 0 unspecified atom stereocenters. The Hall–Kier alpha value is -1.72. The molecule has 0 bridgehead atoms. The van der Waals surface area contributed by atoms with E-state index in [1.807, 2.05) is 0 Å². The summed E-state index contributed by atoms with van der Waals surface area (Å²) in [6.07, 6.45) is -2.44. The number of pyridine rings is 1. The first-order valence-corrected chi connectivity index (χ1v) is 7.95. The first-order valence-electron chi connectivity index (χ1n) is 7.19. The third-order valence-corrected chi connectivity index (χ3v) is 4.41. The maximum absolute atomic E-state index is 13.0. The number of hydrogen-bond donors (Lipinski definition) is 0. The Morgan fingerprint density at radius 3 is 2.46 bits per heavy atom. The number of hydrogen-bond acceptors (Lipinski definition) is 2. The zero-order valence-electron chi connectivity index (χ0n) is 12.3. The summed E-state index contributed by atoms with van der Waals surface area (Å²) >= 11 is 12.1. The fourth-order valence-electron chi connectivity index (χ4n) is 2.55. The summed E-state index contributed by atoms with van der Waals surface area (Å²) in [6, 6.07) is 7.91. The lowest BCUT2D eigenvalue weighted by atomic mass is 9.94. The highest BCUT2D eigenvalue weighted by Crippen LogP contribution is 2.38. The molecule has 0 N–H and O–H groups in total. The molecule has 0 saturated carbocycles. The zero-order valence-corrected chi connectivity index (χ0v) is 13.8. The van der Waals surface area contributed by atoms with Crippen molar-refractivity contribution in [1.29, 1.82) is 0 Å². The van der Waals surface area contributed by atoms with E-state index >= 15 is 0 Å². The summed E-state index contributed by atoms with van der Waals surface area (Å²) in [4.78, 5) is 4.20. The molecule has 7 heteroatoms. The lowest BCUT2D eigenvalue weighted by molar-refractivity contribution is -0.0693. The maximum Gasteiger partial charge on any atom is 0.416 e. The van der Waals surface area contributed by atoms with E-state index in [0.717, 1.165) is 0 Å². The summed E-state index contributed by atoms with van der Waals surface area (Å²) in [6.45, 7) is 0.0895. The van der Waals surface area contributed by atoms with Gasteiger partial charge in [-0.2, -0.15) is 13.2 Å². The third kappa shape index (κ3) is 3.52. The van der Waals surface area contributed by atoms with Crippen molar-refractivity contribution >= 4 is 28.8 Å². The van der Waals surface area contributed by atoms with Gasteiger partial charge in [-0.3, -0.25) is 0 Å². The number of allylic oxidation sites excluding steroid dienone is 2. The van der Waals surface area contributed by atoms with Gasteiger partial charge in [0.1, 0.15) is 6.61 Å². The number of aryl methyl sites for hydroxylation is 1. The molecule has 126 valence electrons. The van der Waals surface area contributed by atoms with Crippen molar-refractivity contribution in [2.75, 3.05) is 0 Å². The Morgan fingerprint density at radius 1 is 1.08 bits per heavy atom. The molecule has 0 amide bonds. The van der Waals surface area contributed by atoms with Gasteiger partial charge in [-0.25, -0.2) is 4.98 Å². The average Bonchev–Trinajstić information content (AvgIpc) is 2.52. The lowest BCUT2D eigenvalue weighted by Gasteiger charge is -2.20. The van der Waals surface area contributed by atoms with E-state index in [-0.39, 0.29) is 18.1 Å². The van der Waals surface area contributed by atoms with Gasteiger partial charge in [0.15, 0.2) is 0 Å². The van der Waals surface area contributed by atoms with Crippen molar-refractivity contribution in [3.8, 4) is 5.88 Å². The van der Waals surface area contributed by atoms with E-state index in [1.54, 1.807) is 18.2 Å². The quantitative estimate of drug-likeness (QED) is 0.672. The minimum Gasteiger partial charge on any atom is -0.473 e. The molecule has 0 atom stereocenters. The minimum atomic E-state index is -4.38. The lowest BCUT2D eigenvalue weighted by Crippen LogP contribution is -2.16. The molecule has 0 radical (unpaired) electrons. The van der Waals surface area contributed by atoms with Gasteiger partial charge in [0.25, 0.3) is 0 Å². The molecule has 2 aromatic rings. The average molecular weight is 374 g/mol. The van der Waals surface area contributed by atoms with E-state index < -0.39 is 11.7 Å². The SMILES string of the molecule is FC(F)(F)C1=CCCc2nc(OCc3c(Cl)cccc3Cl)ccc21. The molecule has 1 aliphatic carbocycles. The van der Waals surface area contributed by atoms with Crippen LogP contribution in [0.15, 0.2) is 36.4 Å². The Morgan fingerprint density at radius 2 is 1.79 bits per heavy atom. The van der Waals surface area contributed by atoms with Crippen LogP contribution in [0.1, 0.15) is 23.2 Å². The maximum atomic E-state index is 13.0. The van der Waals surface area contributed by atoms with Crippen LogP contribution in [-0.4, -0.2) is 11.2 Å². The van der Waals surface area contributed by atoms with Gasteiger partial charge in [0.05, 0.1) is 11.3 Å². The van der Waals surface area contributed by atoms with Gasteiger partial charge >= 0.3 is 6.18 Å². The smallest absolute Gasteiger partial charge is 0.416 e. The highest BCUT2D eigenvalue weighted by molar-refractivity contribution is 6.35. The molecule has 24 heavy (non-hydrogen) atoms. The van der Waals surface area contributed by atoms with E-state index in [0.29, 0.717) is 34.1 Å². The van der Waals surface area contributed by atoms with Crippen molar-refractivity contribution < 1.29 is 17.9 Å². The number of halogens is 5. The highest BCUT2D eigenvalue weighted by Gasteiger charge is 2.37. The summed E-state index contributed by atoms with van der Waals surface area (Å²) in [7, 11) is 0. The molecule has 2 nitrogen and oxygen atoms in total. The number of benzene rings is 1. The first kappa shape index (κ1) is 17.1. The normalized spacial score (nSPS) is 14.1. The summed E-state index contributed by atoms with van der Waals surface area (Å²) < 4.78 is 44.6. The van der Waals surface area contributed by atoms with Crippen LogP contribution in [0, 0.1) is 0 Å². The molecule has 0 spiro atoms. The molecule has 0 saturated heterocycles. The van der Waals surface area contributed by atoms with E-state index in [1.165, 1.54) is 18.2 Å². The molecule has 3 rings (SSSR count). The fourth-order valence-corrected chi connectivity index (χ4v) is 3.05. The Labute approximate surface area is 146 Å². The topological polar surface area (TPSA) is 22.1 Å². The van der Waals surface area contributed by atoms with Crippen LogP contribution in [0.4, 0.5) is 13.2 Å². The zero-order chi connectivity index (χ0) is 17.3. The van der Waals surface area contributed by atoms with Crippen molar-refractivity contribution in [2.45, 2.75) is 25.6 Å². The second-order valence-corrected chi connectivity index (χ2v) is 6.10. The molecular weight excluding hydrogens is 362 g/mol. The van der Waals surface area contributed by atoms with Crippen molar-refractivity contribution in [3.63, 3.8) is 0 Å². The van der Waals surface area contributed by atoms with Gasteiger partial charge in [-0.1, -0.05) is 35.3 Å². The van der Waals surface area contributed by atoms with Gasteiger partial charge in [0.2, 0.25) is 5.88 Å². The molecule has 1 aromatic carbocycles. The Kier molecular flexibility index (Phi) is 4.74. The second-order valence-electron chi connectivity index (χ2n) is 5.29. The van der Waals surface area contributed by atoms with E-state index in [4.69, 9.17) is 27.9 Å². The predicted octanol–water partition coefficient (Wildman–Crippen LogP) is 5.86. The number of alkyl halides is 3. The number of ether oxygens (including phenoxy) is 1. The number of nitrogens with zero attached hydrogens (tertiary/aromatic N) is 1. The van der Waals surface area contributed by atoms with Crippen LogP contribution in [0.2, 0.25) is 10.0 Å². The third-order valence-electron chi connectivity index (χ3n) is 3.70. The van der Waals surface area contributed by atoms with Gasteiger partial charge in [0, 0.05) is 27.2 Å². The largest absolute Gasteiger partial charge is 0.473 e. The first-order chi connectivity index (χ1) is 11.4. The van der Waals surface area contributed by atoms with Crippen LogP contribution < -0.4 is 4.74 Å². The van der Waals surface area contributed by atoms with Crippen LogP contribution in [0.25, 0.3) is 5.57 Å². The monoisotopic (exact) mass is 373 g/mol. The number of aromatic nitrogens is 1. The summed E-state index contributed by atoms with van der Waals surface area (Å²) in [5.41, 5.74) is 0.456. The summed E-state index contributed by atoms with van der Waals surface area (Å²) in [5, 5.41) is 0.922. The van der Waals surface area contributed by atoms with Crippen molar-refractivity contribution in [2.24, 2.45) is 0 Å². The van der Waals surface area contributed by atoms with E-state index in [2.05, 4.69) is 4.98 Å². The molecule has 0 fully saturated rings. The van der Waals surface area contributed by atoms with Crippen molar-refractivity contribution in [1.82, 2.24) is 4.98 Å². The van der Waals surface area contributed by atoms with Gasteiger partial charge in [-0.15, -0.1) is 0 Å². The summed E-state index contributed by atoms with van der Waals surface area (Å²) in [5.74, 6) is 0.244. The standard InChI is InChI=1S/C17H12Cl2F3NO/c18-13-4-2-5-14(19)11(13)9-24-16-8-7-10-12(17(20,21)22)3-1-6-15(10)23-16/h2-5,7-8H,1,6,9H2. The molecule has 1 heterocycles. The number of fused-ring (bicyclic) bond motifs is 1.